The van der Waals surface area contributed by atoms with Crippen molar-refractivity contribution in [2.45, 2.75) is 12.2 Å². The summed E-state index contributed by atoms with van der Waals surface area (Å²) in [5.41, 5.74) is 0. The molecule has 1 heterocycles. The van der Waals surface area contributed by atoms with E-state index in [-0.39, 0.29) is 51.4 Å². The van der Waals surface area contributed by atoms with Crippen LogP contribution in [0.2, 0.25) is 0 Å². The zero-order valence-corrected chi connectivity index (χ0v) is 10.1. The Morgan fingerprint density at radius 2 is 2.08 bits per heavy atom. The minimum Gasteiger partial charge on any atom is -0.526 e. The van der Waals surface area contributed by atoms with Gasteiger partial charge in [-0.3, -0.25) is 4.79 Å². The summed E-state index contributed by atoms with van der Waals surface area (Å²) in [7, 11) is 0. The minimum absolute atomic E-state index is 0. The van der Waals surface area contributed by atoms with E-state index in [0.29, 0.717) is 0 Å². The number of carbonyl (C=O) groups is 2. The molecule has 3 N–H and O–H groups in total. The van der Waals surface area contributed by atoms with Crippen molar-refractivity contribution >= 4 is 11.8 Å². The Hall–Kier alpha value is 0.526. The molecule has 1 rings (SSSR count). The molecule has 0 amide bonds. The smallest absolute Gasteiger partial charge is 0.526 e. The molecule has 1 fully saturated rings. The largest absolute Gasteiger partial charge is 1.00 e. The van der Waals surface area contributed by atoms with Gasteiger partial charge in [-0.2, -0.15) is 0 Å². The molecule has 0 spiro atoms. The van der Waals surface area contributed by atoms with Crippen LogP contribution in [0.5, 0.6) is 0 Å². The zero-order valence-electron chi connectivity index (χ0n) is 6.93. The molecule has 0 unspecified atom stereocenters. The van der Waals surface area contributed by atoms with Gasteiger partial charge in [-0.15, -0.1) is 0 Å². The fourth-order valence-electron chi connectivity index (χ4n) is 0.809. The van der Waals surface area contributed by atoms with Gasteiger partial charge >= 0.3 is 51.4 Å². The summed E-state index contributed by atoms with van der Waals surface area (Å²) in [6, 6.07) is 0. The normalized spacial score (nSPS) is 23.9. The maximum Gasteiger partial charge on any atom is 1.00 e. The summed E-state index contributed by atoms with van der Waals surface area (Å²) in [5, 5.41) is 26.0. The molecule has 2 atom stereocenters. The fraction of sp³-hybridized carbons (Fsp3) is 0.500. The third kappa shape index (κ3) is 2.74. The van der Waals surface area contributed by atoms with Crippen molar-refractivity contribution in [1.82, 2.24) is 0 Å². The van der Waals surface area contributed by atoms with Gasteiger partial charge in [0.25, 0.3) is 0 Å². The van der Waals surface area contributed by atoms with E-state index in [1.807, 2.05) is 0 Å². The van der Waals surface area contributed by atoms with Crippen LogP contribution in [0, 0.1) is 6.10 Å². The number of hydrogen-bond acceptors (Lipinski definition) is 6. The molecule has 1 aliphatic heterocycles. The van der Waals surface area contributed by atoms with Crippen LogP contribution in [0.15, 0.2) is 0 Å². The molecule has 7 heteroatoms. The predicted molar refractivity (Wildman–Crippen MR) is 33.2 cm³/mol. The van der Waals surface area contributed by atoms with Gasteiger partial charge in [-0.1, -0.05) is 6.10 Å². The number of carbonyl (C=O) groups excluding carboxylic acids is 2. The Morgan fingerprint density at radius 1 is 1.54 bits per heavy atom. The van der Waals surface area contributed by atoms with E-state index >= 15 is 0 Å². The van der Waals surface area contributed by atoms with Gasteiger partial charge in [-0.05, 0) is 0 Å². The maximum absolute atomic E-state index is 10.8. The van der Waals surface area contributed by atoms with E-state index in [4.69, 9.17) is 15.3 Å². The van der Waals surface area contributed by atoms with Gasteiger partial charge in [0.1, 0.15) is 6.10 Å². The SMILES string of the molecule is O=C1O[C@H]([C@@H](O)CO)C(=O)[C-]1O.[K+]. The first-order valence-corrected chi connectivity index (χ1v) is 3.18. The van der Waals surface area contributed by atoms with Crippen molar-refractivity contribution < 1.29 is 81.0 Å². The standard InChI is InChI=1S/C6H7O6.K/c7-1-2(8)5-3(9)4(10)6(11)12-5;/h2,5,7-8,10H,1H2;/q-1;+1/t2-,5+;/m0./s1. The zero-order chi connectivity index (χ0) is 9.30. The molecule has 1 aliphatic rings. The van der Waals surface area contributed by atoms with Crippen molar-refractivity contribution in [2.24, 2.45) is 0 Å². The Morgan fingerprint density at radius 3 is 2.38 bits per heavy atom. The van der Waals surface area contributed by atoms with Crippen LogP contribution in [-0.4, -0.2) is 45.9 Å². The van der Waals surface area contributed by atoms with E-state index in [1.165, 1.54) is 0 Å². The average Bonchev–Trinajstić information content (AvgIpc) is 2.32. The Balaban J connectivity index is 0.00000144. The van der Waals surface area contributed by atoms with Crippen molar-refractivity contribution in [2.75, 3.05) is 6.61 Å². The Bertz CT molecular complexity index is 217. The molecular weight excluding hydrogens is 207 g/mol. The molecule has 0 saturated carbocycles. The minimum atomic E-state index is -1.48. The number of ketones is 1. The second-order valence-corrected chi connectivity index (χ2v) is 2.29. The summed E-state index contributed by atoms with van der Waals surface area (Å²) < 4.78 is 4.25. The van der Waals surface area contributed by atoms with Crippen LogP contribution in [0.4, 0.5) is 0 Å². The molecule has 0 bridgehead atoms. The molecule has 0 aromatic carbocycles. The predicted octanol–water partition coefficient (Wildman–Crippen LogP) is -5.26. The van der Waals surface area contributed by atoms with E-state index in [1.54, 1.807) is 0 Å². The summed E-state index contributed by atoms with van der Waals surface area (Å²) in [5.74, 6) is -2.17. The number of ether oxygens (including phenoxy) is 1. The third-order valence-electron chi connectivity index (χ3n) is 1.46. The number of Topliss-reactive ketones (excluding diaryl/α,β-unsaturated/α-hetero) is 1. The van der Waals surface area contributed by atoms with Gasteiger partial charge < -0.3 is 24.9 Å². The second kappa shape index (κ2) is 5.42. The molecule has 6 nitrogen and oxygen atoms in total. The van der Waals surface area contributed by atoms with Crippen LogP contribution in [0.3, 0.4) is 0 Å². The summed E-state index contributed by atoms with van der Waals surface area (Å²) >= 11 is 0. The number of esters is 1. The average molecular weight is 214 g/mol. The molecule has 0 aromatic rings. The van der Waals surface area contributed by atoms with Crippen molar-refractivity contribution in [3.05, 3.63) is 6.10 Å². The quantitative estimate of drug-likeness (QED) is 0.241. The van der Waals surface area contributed by atoms with E-state index in [9.17, 15) is 9.59 Å². The molecule has 68 valence electrons. The van der Waals surface area contributed by atoms with Crippen molar-refractivity contribution in [1.29, 1.82) is 0 Å². The van der Waals surface area contributed by atoms with Crippen molar-refractivity contribution in [3.8, 4) is 0 Å². The number of aliphatic hydroxyl groups excluding tert-OH is 3. The van der Waals surface area contributed by atoms with Gasteiger partial charge in [-0.25, -0.2) is 0 Å². The van der Waals surface area contributed by atoms with Crippen LogP contribution < -0.4 is 51.4 Å². The van der Waals surface area contributed by atoms with Gasteiger partial charge in [0.05, 0.1) is 12.4 Å². The van der Waals surface area contributed by atoms with E-state index in [0.717, 1.165) is 0 Å². The number of rotatable bonds is 2. The summed E-state index contributed by atoms with van der Waals surface area (Å²) in [6.45, 7) is -0.711. The monoisotopic (exact) mass is 214 g/mol. The number of hydrogen-bond donors (Lipinski definition) is 3. The second-order valence-electron chi connectivity index (χ2n) is 2.29. The molecule has 0 aliphatic carbocycles. The summed E-state index contributed by atoms with van der Waals surface area (Å²) in [6.07, 6.45) is -3.99. The molecule has 0 radical (unpaired) electrons. The van der Waals surface area contributed by atoms with Crippen LogP contribution in [-0.2, 0) is 14.3 Å². The molecule has 13 heavy (non-hydrogen) atoms. The number of cyclic esters (lactones) is 1. The van der Waals surface area contributed by atoms with Gasteiger partial charge in [0.15, 0.2) is 6.10 Å². The first-order valence-electron chi connectivity index (χ1n) is 3.18. The number of aliphatic hydroxyl groups is 3. The molecule has 1 saturated heterocycles. The van der Waals surface area contributed by atoms with Gasteiger partial charge in [0.2, 0.25) is 5.97 Å². The van der Waals surface area contributed by atoms with Crippen LogP contribution in [0.25, 0.3) is 0 Å². The topological polar surface area (TPSA) is 104 Å². The third-order valence-corrected chi connectivity index (χ3v) is 1.46. The Labute approximate surface area is 116 Å². The van der Waals surface area contributed by atoms with E-state index < -0.39 is 36.7 Å². The van der Waals surface area contributed by atoms with E-state index in [2.05, 4.69) is 4.74 Å². The van der Waals surface area contributed by atoms with Crippen molar-refractivity contribution in [3.63, 3.8) is 0 Å². The van der Waals surface area contributed by atoms with Crippen LogP contribution in [0.1, 0.15) is 0 Å². The Kier molecular flexibility index (Phi) is 5.64. The van der Waals surface area contributed by atoms with Gasteiger partial charge in [0, 0.05) is 0 Å². The first kappa shape index (κ1) is 13.5. The fourth-order valence-corrected chi connectivity index (χ4v) is 0.809. The summed E-state index contributed by atoms with van der Waals surface area (Å²) in [4.78, 5) is 21.3. The maximum atomic E-state index is 10.8. The first-order chi connectivity index (χ1) is 5.57. The molecular formula is C6H7KO6. The molecule has 0 aromatic heterocycles. The van der Waals surface area contributed by atoms with Crippen LogP contribution >= 0.6 is 0 Å².